The van der Waals surface area contributed by atoms with Crippen molar-refractivity contribution in [2.45, 2.75) is 46.2 Å². The second kappa shape index (κ2) is 9.45. The van der Waals surface area contributed by atoms with Gasteiger partial charge in [0.2, 0.25) is 5.91 Å². The largest absolute Gasteiger partial charge is 0.496 e. The highest BCUT2D eigenvalue weighted by Gasteiger charge is 2.36. The van der Waals surface area contributed by atoms with Gasteiger partial charge in [-0.05, 0) is 43.9 Å². The van der Waals surface area contributed by atoms with Crippen LogP contribution in [0.3, 0.4) is 0 Å². The number of para-hydroxylation sites is 1. The van der Waals surface area contributed by atoms with E-state index in [9.17, 15) is 4.79 Å². The molecule has 2 aromatic carbocycles. The fraction of sp³-hybridized carbons (Fsp3) is 0.480. The summed E-state index contributed by atoms with van der Waals surface area (Å²) in [5, 5.41) is 0. The van der Waals surface area contributed by atoms with E-state index in [1.807, 2.05) is 17.0 Å². The van der Waals surface area contributed by atoms with E-state index >= 15 is 0 Å². The van der Waals surface area contributed by atoms with Gasteiger partial charge in [-0.1, -0.05) is 42.5 Å². The fourth-order valence-corrected chi connectivity index (χ4v) is 4.66. The van der Waals surface area contributed by atoms with E-state index in [0.29, 0.717) is 11.8 Å². The topological polar surface area (TPSA) is 32.8 Å². The third-order valence-electron chi connectivity index (χ3n) is 6.15. The first kappa shape index (κ1) is 21.4. The van der Waals surface area contributed by atoms with Gasteiger partial charge in [0, 0.05) is 50.6 Å². The minimum atomic E-state index is 0.159. The lowest BCUT2D eigenvalue weighted by atomic mass is 9.86. The van der Waals surface area contributed by atoms with Gasteiger partial charge in [-0.25, -0.2) is 0 Å². The molecule has 3 rings (SSSR count). The maximum absolute atomic E-state index is 12.2. The van der Waals surface area contributed by atoms with Crippen LogP contribution >= 0.6 is 0 Å². The first-order valence-corrected chi connectivity index (χ1v) is 10.6. The van der Waals surface area contributed by atoms with Gasteiger partial charge < -0.3 is 9.64 Å². The Morgan fingerprint density at radius 3 is 2.48 bits per heavy atom. The number of methoxy groups -OCH3 is 1. The van der Waals surface area contributed by atoms with Crippen LogP contribution in [0.2, 0.25) is 0 Å². The van der Waals surface area contributed by atoms with E-state index in [2.05, 4.69) is 62.1 Å². The Labute approximate surface area is 175 Å². The molecule has 0 N–H and O–H groups in total. The van der Waals surface area contributed by atoms with Crippen molar-refractivity contribution in [2.24, 2.45) is 5.92 Å². The highest BCUT2D eigenvalue weighted by molar-refractivity contribution is 5.73. The molecular formula is C25H34N2O2. The van der Waals surface area contributed by atoms with Crippen LogP contribution in [0.5, 0.6) is 5.75 Å². The Kier molecular flexibility index (Phi) is 6.96. The maximum Gasteiger partial charge on any atom is 0.219 e. The van der Waals surface area contributed by atoms with Crippen molar-refractivity contribution < 1.29 is 9.53 Å². The average Bonchev–Trinajstić information content (AvgIpc) is 3.08. The molecule has 4 heteroatoms. The summed E-state index contributed by atoms with van der Waals surface area (Å²) in [6.45, 7) is 11.7. The van der Waals surface area contributed by atoms with Crippen molar-refractivity contribution in [1.29, 1.82) is 0 Å². The minimum Gasteiger partial charge on any atom is -0.496 e. The van der Waals surface area contributed by atoms with Gasteiger partial charge in [0.15, 0.2) is 0 Å². The molecule has 1 aliphatic heterocycles. The molecule has 1 aliphatic rings. The van der Waals surface area contributed by atoms with Crippen LogP contribution in [0.15, 0.2) is 48.5 Å². The van der Waals surface area contributed by atoms with Gasteiger partial charge >= 0.3 is 0 Å². The molecule has 0 radical (unpaired) electrons. The molecule has 1 heterocycles. The van der Waals surface area contributed by atoms with Crippen LogP contribution in [0.25, 0.3) is 0 Å². The van der Waals surface area contributed by atoms with E-state index in [0.717, 1.165) is 31.9 Å². The lowest BCUT2D eigenvalue weighted by Crippen LogP contribution is -2.40. The van der Waals surface area contributed by atoms with Crippen molar-refractivity contribution in [3.05, 3.63) is 65.2 Å². The van der Waals surface area contributed by atoms with Crippen LogP contribution in [-0.2, 0) is 11.3 Å². The first-order chi connectivity index (χ1) is 13.9. The number of carbonyl (C=O) groups excluding carboxylic acids is 1. The Balaban J connectivity index is 1.85. The van der Waals surface area contributed by atoms with E-state index in [4.69, 9.17) is 4.74 Å². The molecule has 0 bridgehead atoms. The van der Waals surface area contributed by atoms with E-state index < -0.39 is 0 Å². The average molecular weight is 395 g/mol. The summed E-state index contributed by atoms with van der Waals surface area (Å²) in [5.41, 5.74) is 3.96. The van der Waals surface area contributed by atoms with Crippen molar-refractivity contribution in [2.75, 3.05) is 26.7 Å². The van der Waals surface area contributed by atoms with Crippen molar-refractivity contribution in [3.8, 4) is 5.75 Å². The normalized spacial score (nSPS) is 19.5. The molecule has 1 fully saturated rings. The summed E-state index contributed by atoms with van der Waals surface area (Å²) in [6, 6.07) is 17.2. The second-order valence-electron chi connectivity index (χ2n) is 8.49. The number of likely N-dealkylation sites (tertiary alicyclic amines) is 1. The molecule has 1 saturated heterocycles. The van der Waals surface area contributed by atoms with Crippen LogP contribution in [-0.4, -0.2) is 48.5 Å². The minimum absolute atomic E-state index is 0.159. The lowest BCUT2D eigenvalue weighted by molar-refractivity contribution is -0.131. The Morgan fingerprint density at radius 1 is 1.14 bits per heavy atom. The fourth-order valence-electron chi connectivity index (χ4n) is 4.66. The van der Waals surface area contributed by atoms with Crippen molar-refractivity contribution in [1.82, 2.24) is 9.80 Å². The molecular weight excluding hydrogens is 360 g/mol. The molecule has 0 aromatic heterocycles. The third kappa shape index (κ3) is 4.99. The predicted octanol–water partition coefficient (Wildman–Crippen LogP) is 4.48. The number of nitrogens with zero attached hydrogens (tertiary/aromatic N) is 2. The standard InChI is InChI=1S/C25H34N2O2/c1-18(2)27(20(4)28)16-22-15-26(14-21-11-7-9-13-25(21)29-5)17-24(22)23-12-8-6-10-19(23)3/h6-13,18,22,24H,14-17H2,1-5H3. The molecule has 0 saturated carbocycles. The highest BCUT2D eigenvalue weighted by Crippen LogP contribution is 2.36. The number of ether oxygens (including phenoxy) is 1. The number of hydrogen-bond acceptors (Lipinski definition) is 3. The molecule has 0 spiro atoms. The van der Waals surface area contributed by atoms with Gasteiger partial charge in [-0.15, -0.1) is 0 Å². The molecule has 2 unspecified atom stereocenters. The molecule has 2 aromatic rings. The molecule has 1 amide bonds. The molecule has 156 valence electrons. The number of benzene rings is 2. The summed E-state index contributed by atoms with van der Waals surface area (Å²) in [5.74, 6) is 1.94. The van der Waals surface area contributed by atoms with Crippen molar-refractivity contribution >= 4 is 5.91 Å². The first-order valence-electron chi connectivity index (χ1n) is 10.6. The number of rotatable bonds is 7. The van der Waals surface area contributed by atoms with Crippen LogP contribution in [0.1, 0.15) is 43.4 Å². The SMILES string of the molecule is COc1ccccc1CN1CC(CN(C(C)=O)C(C)C)C(c2ccccc2C)C1. The van der Waals surface area contributed by atoms with Crippen LogP contribution in [0.4, 0.5) is 0 Å². The zero-order valence-electron chi connectivity index (χ0n) is 18.4. The number of hydrogen-bond donors (Lipinski definition) is 0. The van der Waals surface area contributed by atoms with Crippen molar-refractivity contribution in [3.63, 3.8) is 0 Å². The highest BCUT2D eigenvalue weighted by atomic mass is 16.5. The third-order valence-corrected chi connectivity index (χ3v) is 6.15. The smallest absolute Gasteiger partial charge is 0.219 e. The van der Waals surface area contributed by atoms with Gasteiger partial charge in [0.1, 0.15) is 5.75 Å². The van der Waals surface area contributed by atoms with Gasteiger partial charge in [-0.2, -0.15) is 0 Å². The Morgan fingerprint density at radius 2 is 1.83 bits per heavy atom. The van der Waals surface area contributed by atoms with E-state index in [-0.39, 0.29) is 11.9 Å². The van der Waals surface area contributed by atoms with Gasteiger partial charge in [0.05, 0.1) is 7.11 Å². The predicted molar refractivity (Wildman–Crippen MR) is 118 cm³/mol. The lowest BCUT2D eigenvalue weighted by Gasteiger charge is -2.31. The monoisotopic (exact) mass is 394 g/mol. The molecule has 4 nitrogen and oxygen atoms in total. The van der Waals surface area contributed by atoms with Crippen LogP contribution < -0.4 is 4.74 Å². The van der Waals surface area contributed by atoms with Crippen LogP contribution in [0, 0.1) is 12.8 Å². The molecule has 2 atom stereocenters. The molecule has 0 aliphatic carbocycles. The number of amides is 1. The summed E-state index contributed by atoms with van der Waals surface area (Å²) in [7, 11) is 1.73. The Bertz CT molecular complexity index is 833. The summed E-state index contributed by atoms with van der Waals surface area (Å²) < 4.78 is 5.56. The quantitative estimate of drug-likeness (QED) is 0.694. The zero-order chi connectivity index (χ0) is 21.0. The summed E-state index contributed by atoms with van der Waals surface area (Å²) in [4.78, 5) is 16.8. The van der Waals surface area contributed by atoms with E-state index in [1.54, 1.807) is 14.0 Å². The van der Waals surface area contributed by atoms with Gasteiger partial charge in [-0.3, -0.25) is 9.69 Å². The van der Waals surface area contributed by atoms with Gasteiger partial charge in [0.25, 0.3) is 0 Å². The maximum atomic E-state index is 12.2. The molecule has 29 heavy (non-hydrogen) atoms. The Hall–Kier alpha value is -2.33. The summed E-state index contributed by atoms with van der Waals surface area (Å²) in [6.07, 6.45) is 0. The number of aryl methyl sites for hydroxylation is 1. The zero-order valence-corrected chi connectivity index (χ0v) is 18.4. The van der Waals surface area contributed by atoms with E-state index in [1.165, 1.54) is 16.7 Å². The summed E-state index contributed by atoms with van der Waals surface area (Å²) >= 11 is 0. The second-order valence-corrected chi connectivity index (χ2v) is 8.49. The number of carbonyl (C=O) groups is 1.